The molecule has 0 radical (unpaired) electrons. The van der Waals surface area contributed by atoms with Crippen LogP contribution in [-0.4, -0.2) is 24.7 Å². The van der Waals surface area contributed by atoms with E-state index in [1.54, 1.807) is 0 Å². The highest BCUT2D eigenvalue weighted by molar-refractivity contribution is 5.85. The Balaban J connectivity index is 1.61. The SMILES string of the molecule is CC1(C)CC(NCCc2cccc3ccccc23)CN1. The highest BCUT2D eigenvalue weighted by atomic mass is 15.1. The lowest BCUT2D eigenvalue weighted by atomic mass is 10.0. The zero-order valence-electron chi connectivity index (χ0n) is 12.4. The number of nitrogens with one attached hydrogen (secondary N) is 2. The standard InChI is InChI=1S/C18H24N2/c1-18(2)12-16(13-20-18)19-11-10-15-8-5-7-14-6-3-4-9-17(14)15/h3-9,16,19-20H,10-13H2,1-2H3. The van der Waals surface area contributed by atoms with Crippen LogP contribution >= 0.6 is 0 Å². The van der Waals surface area contributed by atoms with E-state index in [0.29, 0.717) is 6.04 Å². The molecule has 2 N–H and O–H groups in total. The molecular formula is C18H24N2. The first-order valence-corrected chi connectivity index (χ1v) is 7.59. The fraction of sp³-hybridized carbons (Fsp3) is 0.444. The summed E-state index contributed by atoms with van der Waals surface area (Å²) in [4.78, 5) is 0. The molecule has 0 spiro atoms. The fourth-order valence-electron chi connectivity index (χ4n) is 3.23. The average Bonchev–Trinajstić information content (AvgIpc) is 2.79. The first kappa shape index (κ1) is 13.6. The van der Waals surface area contributed by atoms with Crippen molar-refractivity contribution in [2.75, 3.05) is 13.1 Å². The number of rotatable bonds is 4. The van der Waals surface area contributed by atoms with Gasteiger partial charge in [-0.1, -0.05) is 42.5 Å². The Kier molecular flexibility index (Phi) is 3.77. The highest BCUT2D eigenvalue weighted by Gasteiger charge is 2.29. The van der Waals surface area contributed by atoms with Crippen molar-refractivity contribution in [3.05, 3.63) is 48.0 Å². The smallest absolute Gasteiger partial charge is 0.0210 e. The normalized spacial score (nSPS) is 21.4. The van der Waals surface area contributed by atoms with Crippen LogP contribution in [0, 0.1) is 0 Å². The molecule has 0 saturated carbocycles. The minimum atomic E-state index is 0.289. The molecule has 1 atom stereocenters. The second kappa shape index (κ2) is 5.55. The quantitative estimate of drug-likeness (QED) is 0.890. The van der Waals surface area contributed by atoms with Crippen molar-refractivity contribution in [2.45, 2.75) is 38.3 Å². The maximum atomic E-state index is 3.69. The lowest BCUT2D eigenvalue weighted by molar-refractivity contribution is 0.443. The molecule has 1 fully saturated rings. The summed E-state index contributed by atoms with van der Waals surface area (Å²) in [6, 6.07) is 15.9. The van der Waals surface area contributed by atoms with Crippen LogP contribution in [0.3, 0.4) is 0 Å². The molecule has 106 valence electrons. The highest BCUT2D eigenvalue weighted by Crippen LogP contribution is 2.20. The molecule has 1 unspecified atom stereocenters. The largest absolute Gasteiger partial charge is 0.312 e. The van der Waals surface area contributed by atoms with Crippen molar-refractivity contribution in [2.24, 2.45) is 0 Å². The molecule has 1 heterocycles. The van der Waals surface area contributed by atoms with Gasteiger partial charge in [0.15, 0.2) is 0 Å². The van der Waals surface area contributed by atoms with Crippen molar-refractivity contribution in [1.29, 1.82) is 0 Å². The number of hydrogen-bond acceptors (Lipinski definition) is 2. The van der Waals surface area contributed by atoms with Gasteiger partial charge in [-0.15, -0.1) is 0 Å². The van der Waals surface area contributed by atoms with Gasteiger partial charge in [0.05, 0.1) is 0 Å². The third kappa shape index (κ3) is 3.02. The molecule has 2 aromatic carbocycles. The molecule has 2 heteroatoms. The van der Waals surface area contributed by atoms with Gasteiger partial charge in [0.25, 0.3) is 0 Å². The molecular weight excluding hydrogens is 244 g/mol. The van der Waals surface area contributed by atoms with E-state index in [9.17, 15) is 0 Å². The van der Waals surface area contributed by atoms with Crippen LogP contribution in [0.25, 0.3) is 10.8 Å². The third-order valence-electron chi connectivity index (χ3n) is 4.29. The van der Waals surface area contributed by atoms with Crippen LogP contribution in [0.4, 0.5) is 0 Å². The van der Waals surface area contributed by atoms with Gasteiger partial charge in [-0.3, -0.25) is 0 Å². The topological polar surface area (TPSA) is 24.1 Å². The Morgan fingerprint density at radius 1 is 1.15 bits per heavy atom. The third-order valence-corrected chi connectivity index (χ3v) is 4.29. The molecule has 0 amide bonds. The van der Waals surface area contributed by atoms with Gasteiger partial charge < -0.3 is 10.6 Å². The maximum Gasteiger partial charge on any atom is 0.0210 e. The van der Waals surface area contributed by atoms with E-state index < -0.39 is 0 Å². The Morgan fingerprint density at radius 2 is 1.95 bits per heavy atom. The van der Waals surface area contributed by atoms with Crippen molar-refractivity contribution in [1.82, 2.24) is 10.6 Å². The van der Waals surface area contributed by atoms with Crippen molar-refractivity contribution in [3.8, 4) is 0 Å². The molecule has 0 aromatic heterocycles. The minimum Gasteiger partial charge on any atom is -0.312 e. The van der Waals surface area contributed by atoms with Gasteiger partial charge in [-0.2, -0.15) is 0 Å². The Labute approximate surface area is 121 Å². The van der Waals surface area contributed by atoms with Crippen LogP contribution in [0.2, 0.25) is 0 Å². The average molecular weight is 268 g/mol. The van der Waals surface area contributed by atoms with Crippen LogP contribution < -0.4 is 10.6 Å². The summed E-state index contributed by atoms with van der Waals surface area (Å²) in [6.45, 7) is 6.69. The van der Waals surface area contributed by atoms with Crippen molar-refractivity contribution in [3.63, 3.8) is 0 Å². The predicted molar refractivity (Wildman–Crippen MR) is 86.1 cm³/mol. The molecule has 1 aliphatic heterocycles. The molecule has 20 heavy (non-hydrogen) atoms. The Hall–Kier alpha value is -1.38. The van der Waals surface area contributed by atoms with Gasteiger partial charge in [0.1, 0.15) is 0 Å². The van der Waals surface area contributed by atoms with Gasteiger partial charge in [0.2, 0.25) is 0 Å². The van der Waals surface area contributed by atoms with E-state index in [1.807, 2.05) is 0 Å². The molecule has 2 nitrogen and oxygen atoms in total. The predicted octanol–water partition coefficient (Wildman–Crippen LogP) is 3.11. The molecule has 2 aromatic rings. The van der Waals surface area contributed by atoms with E-state index >= 15 is 0 Å². The molecule has 3 rings (SSSR count). The lowest BCUT2D eigenvalue weighted by Crippen LogP contribution is -2.32. The summed E-state index contributed by atoms with van der Waals surface area (Å²) < 4.78 is 0. The first-order valence-electron chi connectivity index (χ1n) is 7.59. The Morgan fingerprint density at radius 3 is 2.75 bits per heavy atom. The number of hydrogen-bond donors (Lipinski definition) is 2. The van der Waals surface area contributed by atoms with E-state index in [-0.39, 0.29) is 5.54 Å². The van der Waals surface area contributed by atoms with E-state index in [2.05, 4.69) is 66.9 Å². The van der Waals surface area contributed by atoms with Gasteiger partial charge in [-0.25, -0.2) is 0 Å². The summed E-state index contributed by atoms with van der Waals surface area (Å²) in [6.07, 6.45) is 2.31. The van der Waals surface area contributed by atoms with Crippen molar-refractivity contribution < 1.29 is 0 Å². The summed E-state index contributed by atoms with van der Waals surface area (Å²) in [5.41, 5.74) is 1.73. The molecule has 0 bridgehead atoms. The zero-order valence-corrected chi connectivity index (χ0v) is 12.4. The van der Waals surface area contributed by atoms with Crippen LogP contribution in [-0.2, 0) is 6.42 Å². The molecule has 0 aliphatic carbocycles. The van der Waals surface area contributed by atoms with Crippen LogP contribution in [0.15, 0.2) is 42.5 Å². The van der Waals surface area contributed by atoms with Gasteiger partial charge in [-0.05, 0) is 49.6 Å². The first-order chi connectivity index (χ1) is 9.64. The van der Waals surface area contributed by atoms with Gasteiger partial charge >= 0.3 is 0 Å². The maximum absolute atomic E-state index is 3.69. The summed E-state index contributed by atoms with van der Waals surface area (Å²) in [5.74, 6) is 0. The van der Waals surface area contributed by atoms with Crippen LogP contribution in [0.5, 0.6) is 0 Å². The fourth-order valence-corrected chi connectivity index (χ4v) is 3.23. The second-order valence-electron chi connectivity index (χ2n) is 6.51. The minimum absolute atomic E-state index is 0.289. The lowest BCUT2D eigenvalue weighted by Gasteiger charge is -2.17. The second-order valence-corrected chi connectivity index (χ2v) is 6.51. The number of fused-ring (bicyclic) bond motifs is 1. The Bertz CT molecular complexity index is 583. The molecule has 1 aliphatic rings. The summed E-state index contributed by atoms with van der Waals surface area (Å²) in [5, 5.41) is 9.98. The summed E-state index contributed by atoms with van der Waals surface area (Å²) >= 11 is 0. The number of benzene rings is 2. The van der Waals surface area contributed by atoms with E-state index in [4.69, 9.17) is 0 Å². The van der Waals surface area contributed by atoms with E-state index in [0.717, 1.165) is 19.5 Å². The summed E-state index contributed by atoms with van der Waals surface area (Å²) in [7, 11) is 0. The van der Waals surface area contributed by atoms with Crippen molar-refractivity contribution >= 4 is 10.8 Å². The van der Waals surface area contributed by atoms with Crippen LogP contribution in [0.1, 0.15) is 25.8 Å². The zero-order chi connectivity index (χ0) is 14.0. The van der Waals surface area contributed by atoms with Gasteiger partial charge in [0, 0.05) is 18.1 Å². The molecule has 1 saturated heterocycles. The van der Waals surface area contributed by atoms with E-state index in [1.165, 1.54) is 22.8 Å². The monoisotopic (exact) mass is 268 g/mol.